The standard InChI is InChI=1S/C14H14N4O2S/c19-13(10-5-6-21-8-10)7-15-14(20)17-18-9-16-11-3-1-2-4-12(11)18/h1-6,8-9,13,19H,7H2,(H2,15,17,20). The molecule has 2 heterocycles. The number of benzene rings is 1. The summed E-state index contributed by atoms with van der Waals surface area (Å²) in [6.45, 7) is 0.148. The third kappa shape index (κ3) is 3.04. The van der Waals surface area contributed by atoms with E-state index in [1.165, 1.54) is 11.3 Å². The number of carbonyl (C=O) groups excluding carboxylic acids is 1. The molecule has 0 saturated heterocycles. The first-order valence-electron chi connectivity index (χ1n) is 6.41. The Kier molecular flexibility index (Phi) is 3.85. The smallest absolute Gasteiger partial charge is 0.334 e. The Morgan fingerprint density at radius 1 is 1.38 bits per heavy atom. The lowest BCUT2D eigenvalue weighted by Gasteiger charge is -2.12. The molecule has 0 aliphatic heterocycles. The normalized spacial score (nSPS) is 12.2. The molecule has 3 aromatic rings. The summed E-state index contributed by atoms with van der Waals surface area (Å²) in [6.07, 6.45) is 0.834. The molecule has 7 heteroatoms. The monoisotopic (exact) mass is 302 g/mol. The summed E-state index contributed by atoms with van der Waals surface area (Å²) in [5.74, 6) is 0. The minimum absolute atomic E-state index is 0.148. The zero-order valence-electron chi connectivity index (χ0n) is 11.1. The molecule has 0 saturated carbocycles. The number of urea groups is 1. The van der Waals surface area contributed by atoms with Crippen LogP contribution in [0, 0.1) is 0 Å². The number of hydrogen-bond acceptors (Lipinski definition) is 4. The molecule has 0 radical (unpaired) electrons. The average molecular weight is 302 g/mol. The molecule has 2 amide bonds. The van der Waals surface area contributed by atoms with Crippen molar-refractivity contribution in [2.45, 2.75) is 6.10 Å². The van der Waals surface area contributed by atoms with Gasteiger partial charge in [-0.05, 0) is 34.5 Å². The highest BCUT2D eigenvalue weighted by molar-refractivity contribution is 7.07. The van der Waals surface area contributed by atoms with Crippen molar-refractivity contribution in [3.63, 3.8) is 0 Å². The van der Waals surface area contributed by atoms with Crippen molar-refractivity contribution >= 4 is 28.4 Å². The number of nitrogens with zero attached hydrogens (tertiary/aromatic N) is 2. The molecular weight excluding hydrogens is 288 g/mol. The van der Waals surface area contributed by atoms with Gasteiger partial charge in [0.2, 0.25) is 0 Å². The van der Waals surface area contributed by atoms with Crippen LogP contribution in [-0.2, 0) is 0 Å². The van der Waals surface area contributed by atoms with E-state index in [1.54, 1.807) is 11.0 Å². The van der Waals surface area contributed by atoms with Crippen LogP contribution in [0.5, 0.6) is 0 Å². The van der Waals surface area contributed by atoms with Crippen LogP contribution in [0.1, 0.15) is 11.7 Å². The maximum Gasteiger partial charge on any atom is 0.334 e. The zero-order chi connectivity index (χ0) is 14.7. The number of aromatic nitrogens is 2. The summed E-state index contributed by atoms with van der Waals surface area (Å²) in [4.78, 5) is 16.0. The predicted octanol–water partition coefficient (Wildman–Crippen LogP) is 2.08. The molecule has 3 N–H and O–H groups in total. The molecule has 0 spiro atoms. The van der Waals surface area contributed by atoms with Gasteiger partial charge in [0.1, 0.15) is 6.33 Å². The molecule has 0 aliphatic rings. The third-order valence-corrected chi connectivity index (χ3v) is 3.76. The number of nitrogens with one attached hydrogen (secondary N) is 2. The van der Waals surface area contributed by atoms with Crippen LogP contribution in [0.4, 0.5) is 4.79 Å². The van der Waals surface area contributed by atoms with Crippen LogP contribution in [0.15, 0.2) is 47.4 Å². The van der Waals surface area contributed by atoms with E-state index in [4.69, 9.17) is 0 Å². The number of fused-ring (bicyclic) bond motifs is 1. The van der Waals surface area contributed by atoms with Crippen molar-refractivity contribution in [1.82, 2.24) is 15.0 Å². The molecular formula is C14H14N4O2S. The summed E-state index contributed by atoms with van der Waals surface area (Å²) in [5, 5.41) is 16.3. The molecule has 3 rings (SSSR count). The maximum atomic E-state index is 11.8. The Labute approximate surface area is 125 Å². The van der Waals surface area contributed by atoms with E-state index in [1.807, 2.05) is 41.1 Å². The third-order valence-electron chi connectivity index (χ3n) is 3.06. The lowest BCUT2D eigenvalue weighted by Crippen LogP contribution is -2.36. The second-order valence-corrected chi connectivity index (χ2v) is 5.28. The summed E-state index contributed by atoms with van der Waals surface area (Å²) in [7, 11) is 0. The van der Waals surface area contributed by atoms with Crippen molar-refractivity contribution < 1.29 is 9.90 Å². The first-order valence-corrected chi connectivity index (χ1v) is 7.35. The number of hydrogen-bond donors (Lipinski definition) is 3. The number of amides is 2. The van der Waals surface area contributed by atoms with E-state index in [-0.39, 0.29) is 6.54 Å². The van der Waals surface area contributed by atoms with Gasteiger partial charge >= 0.3 is 6.03 Å². The van der Waals surface area contributed by atoms with E-state index >= 15 is 0 Å². The van der Waals surface area contributed by atoms with Crippen LogP contribution in [0.3, 0.4) is 0 Å². The molecule has 0 bridgehead atoms. The van der Waals surface area contributed by atoms with Gasteiger partial charge in [0.25, 0.3) is 0 Å². The van der Waals surface area contributed by atoms with E-state index in [9.17, 15) is 9.90 Å². The minimum atomic E-state index is -0.707. The van der Waals surface area contributed by atoms with Crippen molar-refractivity contribution in [2.24, 2.45) is 0 Å². The summed E-state index contributed by atoms with van der Waals surface area (Å²) >= 11 is 1.51. The summed E-state index contributed by atoms with van der Waals surface area (Å²) < 4.78 is 1.54. The van der Waals surface area contributed by atoms with Crippen LogP contribution in [-0.4, -0.2) is 27.3 Å². The fraction of sp³-hybridized carbons (Fsp3) is 0.143. The van der Waals surface area contributed by atoms with Crippen molar-refractivity contribution in [2.75, 3.05) is 12.0 Å². The first-order chi connectivity index (χ1) is 10.2. The van der Waals surface area contributed by atoms with Gasteiger partial charge in [-0.2, -0.15) is 11.3 Å². The van der Waals surface area contributed by atoms with Gasteiger partial charge in [0.05, 0.1) is 17.1 Å². The molecule has 0 aliphatic carbocycles. The SMILES string of the molecule is O=C(NCC(O)c1ccsc1)Nn1cnc2ccccc21. The topological polar surface area (TPSA) is 79.2 Å². The van der Waals surface area contributed by atoms with Crippen molar-refractivity contribution in [3.8, 4) is 0 Å². The molecule has 1 aromatic carbocycles. The quantitative estimate of drug-likeness (QED) is 0.690. The van der Waals surface area contributed by atoms with Crippen LogP contribution < -0.4 is 10.7 Å². The maximum absolute atomic E-state index is 11.8. The largest absolute Gasteiger partial charge is 0.387 e. The van der Waals surface area contributed by atoms with Crippen LogP contribution in [0.25, 0.3) is 11.0 Å². The van der Waals surface area contributed by atoms with Crippen LogP contribution >= 0.6 is 11.3 Å². The minimum Gasteiger partial charge on any atom is -0.387 e. The Morgan fingerprint density at radius 2 is 2.24 bits per heavy atom. The number of aliphatic hydroxyl groups excluding tert-OH is 1. The van der Waals surface area contributed by atoms with Gasteiger partial charge < -0.3 is 10.4 Å². The number of thiophene rings is 1. The predicted molar refractivity (Wildman–Crippen MR) is 81.8 cm³/mol. The van der Waals surface area contributed by atoms with E-state index in [0.29, 0.717) is 0 Å². The van der Waals surface area contributed by atoms with E-state index < -0.39 is 12.1 Å². The molecule has 1 atom stereocenters. The van der Waals surface area contributed by atoms with Crippen molar-refractivity contribution in [1.29, 1.82) is 0 Å². The van der Waals surface area contributed by atoms with Gasteiger partial charge in [-0.25, -0.2) is 19.9 Å². The Balaban J connectivity index is 1.59. The van der Waals surface area contributed by atoms with Gasteiger partial charge in [-0.15, -0.1) is 0 Å². The second-order valence-electron chi connectivity index (χ2n) is 4.50. The number of carbonyl (C=O) groups is 1. The summed E-state index contributed by atoms with van der Waals surface area (Å²) in [5.41, 5.74) is 5.07. The Hall–Kier alpha value is -2.38. The number of rotatable bonds is 4. The Morgan fingerprint density at radius 3 is 3.05 bits per heavy atom. The highest BCUT2D eigenvalue weighted by Crippen LogP contribution is 2.15. The second kappa shape index (κ2) is 5.94. The lowest BCUT2D eigenvalue weighted by atomic mass is 10.2. The zero-order valence-corrected chi connectivity index (χ0v) is 11.9. The first kappa shape index (κ1) is 13.6. The Bertz CT molecular complexity index is 738. The molecule has 108 valence electrons. The van der Waals surface area contributed by atoms with Gasteiger partial charge in [-0.1, -0.05) is 12.1 Å². The fourth-order valence-corrected chi connectivity index (χ4v) is 2.68. The molecule has 2 aromatic heterocycles. The molecule has 1 unspecified atom stereocenters. The highest BCUT2D eigenvalue weighted by atomic mass is 32.1. The number of imidazole rings is 1. The fourth-order valence-electron chi connectivity index (χ4n) is 1.97. The number of para-hydroxylation sites is 2. The van der Waals surface area contributed by atoms with Gasteiger partial charge in [-0.3, -0.25) is 0 Å². The van der Waals surface area contributed by atoms with E-state index in [2.05, 4.69) is 15.7 Å². The van der Waals surface area contributed by atoms with Gasteiger partial charge in [0.15, 0.2) is 0 Å². The van der Waals surface area contributed by atoms with Gasteiger partial charge in [0, 0.05) is 6.54 Å². The molecule has 0 fully saturated rings. The molecule has 6 nitrogen and oxygen atoms in total. The summed E-state index contributed by atoms with van der Waals surface area (Å²) in [6, 6.07) is 8.93. The highest BCUT2D eigenvalue weighted by Gasteiger charge is 2.10. The van der Waals surface area contributed by atoms with Crippen LogP contribution in [0.2, 0.25) is 0 Å². The molecule has 21 heavy (non-hydrogen) atoms. The average Bonchev–Trinajstić information content (AvgIpc) is 3.15. The lowest BCUT2D eigenvalue weighted by molar-refractivity contribution is 0.175. The van der Waals surface area contributed by atoms with E-state index in [0.717, 1.165) is 16.6 Å². The van der Waals surface area contributed by atoms with Crippen molar-refractivity contribution in [3.05, 3.63) is 53.0 Å². The number of aliphatic hydroxyl groups is 1.